The highest BCUT2D eigenvalue weighted by molar-refractivity contribution is 7.92. The van der Waals surface area contributed by atoms with Crippen LogP contribution in [0.4, 0.5) is 5.69 Å². The Morgan fingerprint density at radius 3 is 2.17 bits per heavy atom. The monoisotopic (exact) mass is 344 g/mol. The first-order valence-electron chi connectivity index (χ1n) is 7.74. The first-order chi connectivity index (χ1) is 11.5. The molecular weight excluding hydrogens is 324 g/mol. The highest BCUT2D eigenvalue weighted by Gasteiger charge is 2.23. The lowest BCUT2D eigenvalue weighted by atomic mass is 10.1. The summed E-state index contributed by atoms with van der Waals surface area (Å²) < 4.78 is 32.4. The van der Waals surface area contributed by atoms with Gasteiger partial charge in [0, 0.05) is 6.54 Å². The molecule has 0 heterocycles. The van der Waals surface area contributed by atoms with Crippen molar-refractivity contribution in [2.45, 2.75) is 25.2 Å². The number of hydrogen-bond donors (Lipinski definition) is 0. The van der Waals surface area contributed by atoms with Crippen molar-refractivity contribution in [3.63, 3.8) is 0 Å². The third-order valence-electron chi connectivity index (χ3n) is 3.52. The summed E-state index contributed by atoms with van der Waals surface area (Å²) in [4.78, 5) is 0.217. The van der Waals surface area contributed by atoms with Gasteiger partial charge in [0.1, 0.15) is 5.75 Å². The molecule has 0 fully saturated rings. The molecule has 24 heavy (non-hydrogen) atoms. The van der Waals surface area contributed by atoms with Crippen molar-refractivity contribution in [1.82, 2.24) is 0 Å². The topological polar surface area (TPSA) is 70.4 Å². The molecule has 6 heteroatoms. The lowest BCUT2D eigenvalue weighted by Gasteiger charge is -2.23. The molecule has 2 aromatic rings. The quantitative estimate of drug-likeness (QED) is 0.772. The molecule has 5 nitrogen and oxygen atoms in total. The maximum atomic E-state index is 12.9. The summed E-state index contributed by atoms with van der Waals surface area (Å²) in [7, 11) is -3.65. The van der Waals surface area contributed by atoms with Crippen molar-refractivity contribution < 1.29 is 13.2 Å². The van der Waals surface area contributed by atoms with E-state index in [1.54, 1.807) is 55.5 Å². The molecule has 0 atom stereocenters. The van der Waals surface area contributed by atoms with Gasteiger partial charge in [-0.15, -0.1) is 0 Å². The number of nitrogens with zero attached hydrogens (tertiary/aromatic N) is 2. The van der Waals surface area contributed by atoms with Crippen molar-refractivity contribution in [2.75, 3.05) is 17.5 Å². The second kappa shape index (κ2) is 7.84. The standard InChI is InChI=1S/C18H20N2O3S/c1-3-20(16-7-5-15(6-8-16)13-14-19)24(21,22)18-11-9-17(10-12-18)23-4-2/h5-12H,3-4,13H2,1-2H3. The highest BCUT2D eigenvalue weighted by Crippen LogP contribution is 2.25. The molecule has 0 aliphatic rings. The molecule has 2 rings (SSSR count). The van der Waals surface area contributed by atoms with Crippen LogP contribution in [-0.4, -0.2) is 21.6 Å². The van der Waals surface area contributed by atoms with E-state index >= 15 is 0 Å². The van der Waals surface area contributed by atoms with E-state index in [0.717, 1.165) is 5.56 Å². The van der Waals surface area contributed by atoms with Crippen molar-refractivity contribution in [3.8, 4) is 11.8 Å². The molecule has 0 saturated carbocycles. The molecule has 0 amide bonds. The summed E-state index contributed by atoms with van der Waals surface area (Å²) >= 11 is 0. The van der Waals surface area contributed by atoms with Crippen molar-refractivity contribution in [3.05, 3.63) is 54.1 Å². The summed E-state index contributed by atoms with van der Waals surface area (Å²) in [6.45, 7) is 4.50. The van der Waals surface area contributed by atoms with Crippen LogP contribution >= 0.6 is 0 Å². The van der Waals surface area contributed by atoms with Crippen LogP contribution in [0.1, 0.15) is 19.4 Å². The molecule has 0 radical (unpaired) electrons. The number of sulfonamides is 1. The minimum atomic E-state index is -3.65. The number of hydrogen-bond acceptors (Lipinski definition) is 4. The molecule has 0 unspecified atom stereocenters. The van der Waals surface area contributed by atoms with Crippen LogP contribution in [0.15, 0.2) is 53.4 Å². The zero-order valence-electron chi connectivity index (χ0n) is 13.8. The second-order valence-corrected chi connectivity index (χ2v) is 6.94. The Morgan fingerprint density at radius 1 is 1.04 bits per heavy atom. The Balaban J connectivity index is 2.32. The van der Waals surface area contributed by atoms with Gasteiger partial charge in [-0.2, -0.15) is 5.26 Å². The van der Waals surface area contributed by atoms with E-state index < -0.39 is 10.0 Å². The minimum Gasteiger partial charge on any atom is -0.494 e. The summed E-state index contributed by atoms with van der Waals surface area (Å²) in [6, 6.07) is 15.5. The van der Waals surface area contributed by atoms with Crippen LogP contribution in [-0.2, 0) is 16.4 Å². The molecule has 0 bridgehead atoms. The van der Waals surface area contributed by atoms with Crippen LogP contribution in [0.25, 0.3) is 0 Å². The van der Waals surface area contributed by atoms with Gasteiger partial charge < -0.3 is 4.74 Å². The van der Waals surface area contributed by atoms with Crippen LogP contribution in [0.5, 0.6) is 5.75 Å². The summed E-state index contributed by atoms with van der Waals surface area (Å²) in [5.74, 6) is 0.639. The molecule has 126 valence electrons. The van der Waals surface area contributed by atoms with Crippen molar-refractivity contribution >= 4 is 15.7 Å². The van der Waals surface area contributed by atoms with E-state index in [-0.39, 0.29) is 4.90 Å². The van der Waals surface area contributed by atoms with Gasteiger partial charge in [-0.3, -0.25) is 4.31 Å². The van der Waals surface area contributed by atoms with Gasteiger partial charge in [0.2, 0.25) is 0 Å². The van der Waals surface area contributed by atoms with Crippen LogP contribution in [0.3, 0.4) is 0 Å². The van der Waals surface area contributed by atoms with Gasteiger partial charge >= 0.3 is 0 Å². The Kier molecular flexibility index (Phi) is 5.83. The van der Waals surface area contributed by atoms with Gasteiger partial charge in [-0.05, 0) is 55.8 Å². The fourth-order valence-corrected chi connectivity index (χ4v) is 3.84. The van der Waals surface area contributed by atoms with Gasteiger partial charge in [0.25, 0.3) is 10.0 Å². The van der Waals surface area contributed by atoms with Gasteiger partial charge in [0.15, 0.2) is 0 Å². The first-order valence-corrected chi connectivity index (χ1v) is 9.18. The summed E-state index contributed by atoms with van der Waals surface area (Å²) in [6.07, 6.45) is 0.304. The van der Waals surface area contributed by atoms with Gasteiger partial charge in [-0.1, -0.05) is 12.1 Å². The van der Waals surface area contributed by atoms with E-state index in [4.69, 9.17) is 10.00 Å². The molecule has 2 aromatic carbocycles. The molecule has 0 aliphatic carbocycles. The predicted molar refractivity (Wildman–Crippen MR) is 93.6 cm³/mol. The number of anilines is 1. The predicted octanol–water partition coefficient (Wildman–Crippen LogP) is 3.37. The zero-order chi connectivity index (χ0) is 17.6. The number of ether oxygens (including phenoxy) is 1. The largest absolute Gasteiger partial charge is 0.494 e. The van der Waals surface area contributed by atoms with E-state index in [1.807, 2.05) is 6.92 Å². The van der Waals surface area contributed by atoms with E-state index in [2.05, 4.69) is 6.07 Å². The number of rotatable bonds is 7. The Morgan fingerprint density at radius 2 is 1.67 bits per heavy atom. The third kappa shape index (κ3) is 3.87. The SMILES string of the molecule is CCOc1ccc(S(=O)(=O)N(CC)c2ccc(CC#N)cc2)cc1. The molecule has 0 N–H and O–H groups in total. The Labute approximate surface area is 143 Å². The molecular formula is C18H20N2O3S. The summed E-state index contributed by atoms with van der Waals surface area (Å²) in [5, 5.41) is 8.72. The van der Waals surface area contributed by atoms with Crippen LogP contribution in [0.2, 0.25) is 0 Å². The first kappa shape index (κ1) is 17.8. The van der Waals surface area contributed by atoms with E-state index in [9.17, 15) is 8.42 Å². The summed E-state index contributed by atoms with van der Waals surface area (Å²) in [5.41, 5.74) is 1.43. The average molecular weight is 344 g/mol. The number of benzene rings is 2. The third-order valence-corrected chi connectivity index (χ3v) is 5.43. The fraction of sp³-hybridized carbons (Fsp3) is 0.278. The second-order valence-electron chi connectivity index (χ2n) is 5.08. The highest BCUT2D eigenvalue weighted by atomic mass is 32.2. The number of nitriles is 1. The maximum Gasteiger partial charge on any atom is 0.264 e. The van der Waals surface area contributed by atoms with Gasteiger partial charge in [-0.25, -0.2) is 8.42 Å². The van der Waals surface area contributed by atoms with Crippen LogP contribution in [0, 0.1) is 11.3 Å². The molecule has 0 saturated heterocycles. The van der Waals surface area contributed by atoms with E-state index in [0.29, 0.717) is 31.0 Å². The lowest BCUT2D eigenvalue weighted by molar-refractivity contribution is 0.340. The molecule has 0 aliphatic heterocycles. The molecule has 0 aromatic heterocycles. The average Bonchev–Trinajstić information content (AvgIpc) is 2.58. The minimum absolute atomic E-state index is 0.217. The van der Waals surface area contributed by atoms with Crippen molar-refractivity contribution in [1.29, 1.82) is 5.26 Å². The fourth-order valence-electron chi connectivity index (χ4n) is 2.36. The smallest absolute Gasteiger partial charge is 0.264 e. The Hall–Kier alpha value is -2.52. The van der Waals surface area contributed by atoms with Gasteiger partial charge in [0.05, 0.1) is 29.7 Å². The lowest BCUT2D eigenvalue weighted by Crippen LogP contribution is -2.30. The van der Waals surface area contributed by atoms with Crippen molar-refractivity contribution in [2.24, 2.45) is 0 Å². The van der Waals surface area contributed by atoms with E-state index in [1.165, 1.54) is 4.31 Å². The zero-order valence-corrected chi connectivity index (χ0v) is 14.6. The normalized spacial score (nSPS) is 10.9. The Bertz CT molecular complexity index is 807. The molecule has 0 spiro atoms. The van der Waals surface area contributed by atoms with Crippen LogP contribution < -0.4 is 9.04 Å². The maximum absolute atomic E-state index is 12.9.